The molecule has 0 aliphatic rings. The SMILES string of the molecule is CSCCN(C)C(=O)c1cccc2[nH]ccc12. The first-order valence-electron chi connectivity index (χ1n) is 5.54. The van der Waals surface area contributed by atoms with Crippen LogP contribution in [0.1, 0.15) is 10.4 Å². The van der Waals surface area contributed by atoms with Crippen molar-refractivity contribution in [1.29, 1.82) is 0 Å². The van der Waals surface area contributed by atoms with Crippen molar-refractivity contribution >= 4 is 28.6 Å². The van der Waals surface area contributed by atoms with E-state index in [0.29, 0.717) is 0 Å². The summed E-state index contributed by atoms with van der Waals surface area (Å²) in [6, 6.07) is 7.72. The first kappa shape index (κ1) is 12.0. The molecule has 0 saturated heterocycles. The Balaban J connectivity index is 2.27. The Morgan fingerprint density at radius 3 is 3.00 bits per heavy atom. The Labute approximate surface area is 105 Å². The Morgan fingerprint density at radius 1 is 1.41 bits per heavy atom. The molecule has 0 bridgehead atoms. The zero-order chi connectivity index (χ0) is 12.3. The smallest absolute Gasteiger partial charge is 0.254 e. The molecular weight excluding hydrogens is 232 g/mol. The second kappa shape index (κ2) is 5.27. The minimum Gasteiger partial charge on any atom is -0.361 e. The van der Waals surface area contributed by atoms with Gasteiger partial charge in [-0.25, -0.2) is 0 Å². The lowest BCUT2D eigenvalue weighted by atomic mass is 10.1. The summed E-state index contributed by atoms with van der Waals surface area (Å²) in [5, 5.41) is 0.994. The van der Waals surface area contributed by atoms with Crippen LogP contribution in [0.5, 0.6) is 0 Å². The van der Waals surface area contributed by atoms with Crippen LogP contribution in [-0.2, 0) is 0 Å². The molecule has 90 valence electrons. The van der Waals surface area contributed by atoms with E-state index in [9.17, 15) is 4.79 Å². The fraction of sp³-hybridized carbons (Fsp3) is 0.308. The number of benzene rings is 1. The largest absolute Gasteiger partial charge is 0.361 e. The summed E-state index contributed by atoms with van der Waals surface area (Å²) in [5.41, 5.74) is 1.78. The monoisotopic (exact) mass is 248 g/mol. The molecular formula is C13H16N2OS. The molecule has 0 aliphatic carbocycles. The molecule has 17 heavy (non-hydrogen) atoms. The number of aromatic nitrogens is 1. The van der Waals surface area contributed by atoms with E-state index in [-0.39, 0.29) is 5.91 Å². The molecule has 1 heterocycles. The third-order valence-electron chi connectivity index (χ3n) is 2.80. The summed E-state index contributed by atoms with van der Waals surface area (Å²) in [5.74, 6) is 1.05. The molecule has 0 atom stereocenters. The number of hydrogen-bond donors (Lipinski definition) is 1. The Bertz CT molecular complexity index is 521. The van der Waals surface area contributed by atoms with Crippen LogP contribution in [0, 0.1) is 0 Å². The lowest BCUT2D eigenvalue weighted by molar-refractivity contribution is 0.0805. The standard InChI is InChI=1S/C13H16N2OS/c1-15(8-9-17-2)13(16)11-4-3-5-12-10(11)6-7-14-12/h3-7,14H,8-9H2,1-2H3. The first-order valence-corrected chi connectivity index (χ1v) is 6.94. The molecule has 2 aromatic rings. The number of rotatable bonds is 4. The second-order valence-electron chi connectivity index (χ2n) is 3.96. The molecule has 3 nitrogen and oxygen atoms in total. The minimum atomic E-state index is 0.0873. The van der Waals surface area contributed by atoms with Crippen molar-refractivity contribution in [1.82, 2.24) is 9.88 Å². The van der Waals surface area contributed by atoms with Crippen molar-refractivity contribution in [2.45, 2.75) is 0 Å². The van der Waals surface area contributed by atoms with Crippen LogP contribution in [0.15, 0.2) is 30.5 Å². The average Bonchev–Trinajstić information content (AvgIpc) is 2.82. The summed E-state index contributed by atoms with van der Waals surface area (Å²) >= 11 is 1.75. The number of aromatic amines is 1. The maximum Gasteiger partial charge on any atom is 0.254 e. The summed E-state index contributed by atoms with van der Waals surface area (Å²) in [6.45, 7) is 0.779. The third kappa shape index (κ3) is 2.47. The van der Waals surface area contributed by atoms with E-state index in [2.05, 4.69) is 4.98 Å². The van der Waals surface area contributed by atoms with Crippen molar-refractivity contribution in [2.75, 3.05) is 25.6 Å². The zero-order valence-corrected chi connectivity index (χ0v) is 10.9. The highest BCUT2D eigenvalue weighted by atomic mass is 32.2. The van der Waals surface area contributed by atoms with Crippen LogP contribution < -0.4 is 0 Å². The second-order valence-corrected chi connectivity index (χ2v) is 4.95. The summed E-state index contributed by atoms with van der Waals surface area (Å²) in [7, 11) is 1.85. The van der Waals surface area contributed by atoms with E-state index < -0.39 is 0 Å². The Morgan fingerprint density at radius 2 is 2.24 bits per heavy atom. The molecule has 0 spiro atoms. The van der Waals surface area contributed by atoms with Crippen molar-refractivity contribution in [3.63, 3.8) is 0 Å². The van der Waals surface area contributed by atoms with Gasteiger partial charge in [0, 0.05) is 42.0 Å². The van der Waals surface area contributed by atoms with Gasteiger partial charge >= 0.3 is 0 Å². The van der Waals surface area contributed by atoms with Crippen molar-refractivity contribution in [2.24, 2.45) is 0 Å². The van der Waals surface area contributed by atoms with Gasteiger partial charge < -0.3 is 9.88 Å². The molecule has 0 unspecified atom stereocenters. The highest BCUT2D eigenvalue weighted by Crippen LogP contribution is 2.18. The molecule has 4 heteroatoms. The first-order chi connectivity index (χ1) is 8.24. The van der Waals surface area contributed by atoms with Crippen molar-refractivity contribution < 1.29 is 4.79 Å². The lowest BCUT2D eigenvalue weighted by Crippen LogP contribution is -2.28. The molecule has 1 aromatic heterocycles. The lowest BCUT2D eigenvalue weighted by Gasteiger charge is -2.17. The number of amides is 1. The van der Waals surface area contributed by atoms with Gasteiger partial charge in [-0.05, 0) is 24.5 Å². The number of carbonyl (C=O) groups excluding carboxylic acids is 1. The van der Waals surface area contributed by atoms with Gasteiger partial charge in [0.15, 0.2) is 0 Å². The number of nitrogens with one attached hydrogen (secondary N) is 1. The van der Waals surface area contributed by atoms with E-state index >= 15 is 0 Å². The minimum absolute atomic E-state index is 0.0873. The van der Waals surface area contributed by atoms with Gasteiger partial charge in [0.1, 0.15) is 0 Å². The van der Waals surface area contributed by atoms with E-state index in [0.717, 1.165) is 28.8 Å². The van der Waals surface area contributed by atoms with Crippen LogP contribution >= 0.6 is 11.8 Å². The van der Waals surface area contributed by atoms with Crippen LogP contribution in [0.25, 0.3) is 10.9 Å². The molecule has 0 saturated carbocycles. The van der Waals surface area contributed by atoms with E-state index in [1.165, 1.54) is 0 Å². The van der Waals surface area contributed by atoms with E-state index in [1.807, 2.05) is 43.8 Å². The Kier molecular flexibility index (Phi) is 3.74. The van der Waals surface area contributed by atoms with Gasteiger partial charge in [-0.3, -0.25) is 4.79 Å². The molecule has 1 aromatic carbocycles. The van der Waals surface area contributed by atoms with Crippen LogP contribution in [-0.4, -0.2) is 41.4 Å². The van der Waals surface area contributed by atoms with Crippen LogP contribution in [0.2, 0.25) is 0 Å². The molecule has 1 N–H and O–H groups in total. The normalized spacial score (nSPS) is 10.7. The summed E-state index contributed by atoms with van der Waals surface area (Å²) in [4.78, 5) is 17.2. The van der Waals surface area contributed by atoms with E-state index in [4.69, 9.17) is 0 Å². The predicted molar refractivity (Wildman–Crippen MR) is 73.6 cm³/mol. The number of H-pyrrole nitrogens is 1. The zero-order valence-electron chi connectivity index (χ0n) is 10.1. The average molecular weight is 248 g/mol. The number of nitrogens with zero attached hydrogens (tertiary/aromatic N) is 1. The quantitative estimate of drug-likeness (QED) is 0.903. The molecule has 2 rings (SSSR count). The van der Waals surface area contributed by atoms with Gasteiger partial charge in [-0.15, -0.1) is 0 Å². The third-order valence-corrected chi connectivity index (χ3v) is 3.39. The van der Waals surface area contributed by atoms with Gasteiger partial charge in [0.25, 0.3) is 5.91 Å². The van der Waals surface area contributed by atoms with Gasteiger partial charge in [0.2, 0.25) is 0 Å². The topological polar surface area (TPSA) is 36.1 Å². The van der Waals surface area contributed by atoms with Crippen LogP contribution in [0.3, 0.4) is 0 Å². The molecule has 0 aliphatic heterocycles. The van der Waals surface area contributed by atoms with Gasteiger partial charge in [-0.1, -0.05) is 6.07 Å². The number of fused-ring (bicyclic) bond motifs is 1. The number of thioether (sulfide) groups is 1. The van der Waals surface area contributed by atoms with E-state index in [1.54, 1.807) is 16.7 Å². The number of carbonyl (C=O) groups is 1. The number of hydrogen-bond acceptors (Lipinski definition) is 2. The highest BCUT2D eigenvalue weighted by Gasteiger charge is 2.14. The highest BCUT2D eigenvalue weighted by molar-refractivity contribution is 7.98. The van der Waals surface area contributed by atoms with Gasteiger partial charge in [0.05, 0.1) is 0 Å². The van der Waals surface area contributed by atoms with Crippen molar-refractivity contribution in [3.8, 4) is 0 Å². The van der Waals surface area contributed by atoms with Gasteiger partial charge in [-0.2, -0.15) is 11.8 Å². The fourth-order valence-corrected chi connectivity index (χ4v) is 2.26. The molecule has 0 radical (unpaired) electrons. The summed E-state index contributed by atoms with van der Waals surface area (Å²) < 4.78 is 0. The summed E-state index contributed by atoms with van der Waals surface area (Å²) in [6.07, 6.45) is 3.91. The molecule has 0 fully saturated rings. The molecule has 1 amide bonds. The predicted octanol–water partition coefficient (Wildman–Crippen LogP) is 2.60. The maximum absolute atomic E-state index is 12.3. The fourth-order valence-electron chi connectivity index (χ4n) is 1.81. The Hall–Kier alpha value is -1.42. The van der Waals surface area contributed by atoms with Crippen LogP contribution in [0.4, 0.5) is 0 Å². The maximum atomic E-state index is 12.3. The van der Waals surface area contributed by atoms with Crippen molar-refractivity contribution in [3.05, 3.63) is 36.0 Å².